The fourth-order valence-corrected chi connectivity index (χ4v) is 4.51. The number of halogens is 2. The van der Waals surface area contributed by atoms with Crippen LogP contribution in [0.15, 0.2) is 47.4 Å². The van der Waals surface area contributed by atoms with Crippen LogP contribution in [0.4, 0.5) is 5.69 Å². The molecular formula is C19H22Cl2N2O3S2. The summed E-state index contributed by atoms with van der Waals surface area (Å²) >= 11 is 13.6. The van der Waals surface area contributed by atoms with Crippen LogP contribution < -0.4 is 9.62 Å². The van der Waals surface area contributed by atoms with Crippen LogP contribution in [0.3, 0.4) is 0 Å². The first kappa shape index (κ1) is 22.9. The van der Waals surface area contributed by atoms with Gasteiger partial charge in [0.15, 0.2) is 0 Å². The molecule has 0 bridgehead atoms. The Balaban J connectivity index is 1.87. The zero-order valence-electron chi connectivity index (χ0n) is 15.6. The Morgan fingerprint density at radius 3 is 2.46 bits per heavy atom. The molecule has 0 radical (unpaired) electrons. The molecule has 28 heavy (non-hydrogen) atoms. The van der Waals surface area contributed by atoms with Crippen molar-refractivity contribution in [2.75, 3.05) is 29.4 Å². The minimum Gasteiger partial charge on any atom is -0.354 e. The summed E-state index contributed by atoms with van der Waals surface area (Å²) in [6.45, 7) is 1.90. The van der Waals surface area contributed by atoms with Crippen molar-refractivity contribution >= 4 is 56.6 Å². The molecule has 0 atom stereocenters. The van der Waals surface area contributed by atoms with Gasteiger partial charge in [0.25, 0.3) is 0 Å². The lowest BCUT2D eigenvalue weighted by molar-refractivity contribution is -0.119. The summed E-state index contributed by atoms with van der Waals surface area (Å²) in [5.74, 6) is 0.465. The lowest BCUT2D eigenvalue weighted by Gasteiger charge is -2.24. The summed E-state index contributed by atoms with van der Waals surface area (Å²) < 4.78 is 25.4. The number of nitrogens with one attached hydrogen (secondary N) is 1. The third-order valence-corrected chi connectivity index (χ3v) is 6.81. The molecule has 0 fully saturated rings. The smallest absolute Gasteiger partial charge is 0.240 e. The van der Waals surface area contributed by atoms with Crippen LogP contribution in [0.25, 0.3) is 0 Å². The highest BCUT2D eigenvalue weighted by molar-refractivity contribution is 7.99. The van der Waals surface area contributed by atoms with Crippen molar-refractivity contribution in [2.45, 2.75) is 18.2 Å². The number of carbonyl (C=O) groups excluding carboxylic acids is 1. The van der Waals surface area contributed by atoms with Crippen molar-refractivity contribution < 1.29 is 13.2 Å². The highest BCUT2D eigenvalue weighted by Gasteiger charge is 2.22. The van der Waals surface area contributed by atoms with Gasteiger partial charge in [0.1, 0.15) is 6.54 Å². The van der Waals surface area contributed by atoms with Crippen molar-refractivity contribution in [3.63, 3.8) is 0 Å². The van der Waals surface area contributed by atoms with Gasteiger partial charge in [-0.1, -0.05) is 29.3 Å². The third-order valence-electron chi connectivity index (χ3n) is 3.92. The summed E-state index contributed by atoms with van der Waals surface area (Å²) in [6.07, 6.45) is 1.83. The largest absolute Gasteiger partial charge is 0.354 e. The molecule has 0 unspecified atom stereocenters. The molecule has 2 rings (SSSR count). The summed E-state index contributed by atoms with van der Waals surface area (Å²) in [7, 11) is -3.63. The van der Waals surface area contributed by atoms with E-state index in [1.54, 1.807) is 36.9 Å². The van der Waals surface area contributed by atoms with Gasteiger partial charge in [0, 0.05) is 21.5 Å². The van der Waals surface area contributed by atoms with Crippen LogP contribution in [0.1, 0.15) is 12.0 Å². The summed E-state index contributed by atoms with van der Waals surface area (Å²) in [6, 6.07) is 12.5. The second-order valence-electron chi connectivity index (χ2n) is 6.16. The monoisotopic (exact) mass is 460 g/mol. The standard InChI is InChI=1S/C19H22Cl2N2O3S2/c1-14-17(21)5-3-6-18(14)23(28(2,25)26)13-19(24)22-11-4-12-27-16-9-7-15(20)8-10-16/h3,5-10H,4,11-13H2,1-2H3,(H,22,24). The Kier molecular flexibility index (Phi) is 8.49. The zero-order valence-corrected chi connectivity index (χ0v) is 18.8. The van der Waals surface area contributed by atoms with E-state index < -0.39 is 10.0 Å². The van der Waals surface area contributed by atoms with Gasteiger partial charge in [-0.3, -0.25) is 9.10 Å². The first-order valence-electron chi connectivity index (χ1n) is 8.56. The van der Waals surface area contributed by atoms with Crippen LogP contribution >= 0.6 is 35.0 Å². The lowest BCUT2D eigenvalue weighted by atomic mass is 10.2. The van der Waals surface area contributed by atoms with Gasteiger partial charge in [-0.25, -0.2) is 8.42 Å². The molecule has 0 saturated carbocycles. The maximum Gasteiger partial charge on any atom is 0.240 e. The van der Waals surface area contributed by atoms with Gasteiger partial charge >= 0.3 is 0 Å². The number of sulfonamides is 1. The van der Waals surface area contributed by atoms with Crippen molar-refractivity contribution in [1.82, 2.24) is 5.32 Å². The van der Waals surface area contributed by atoms with Crippen LogP contribution in [0.2, 0.25) is 10.0 Å². The van der Waals surface area contributed by atoms with E-state index in [4.69, 9.17) is 23.2 Å². The quantitative estimate of drug-likeness (QED) is 0.445. The maximum absolute atomic E-state index is 12.3. The Labute approximate surface area is 180 Å². The fourth-order valence-electron chi connectivity index (χ4n) is 2.45. The first-order chi connectivity index (χ1) is 13.2. The fraction of sp³-hybridized carbons (Fsp3) is 0.316. The molecule has 1 amide bonds. The molecule has 2 aromatic carbocycles. The molecule has 0 saturated heterocycles. The second-order valence-corrected chi connectivity index (χ2v) is 10.1. The average molecular weight is 461 g/mol. The van der Waals surface area contributed by atoms with Crippen LogP contribution in [-0.2, 0) is 14.8 Å². The number of benzene rings is 2. The molecule has 0 spiro atoms. The molecule has 152 valence electrons. The van der Waals surface area contributed by atoms with E-state index in [2.05, 4.69) is 5.32 Å². The minimum atomic E-state index is -3.63. The Bertz CT molecular complexity index is 919. The molecular weight excluding hydrogens is 439 g/mol. The molecule has 2 aromatic rings. The van der Waals surface area contributed by atoms with Crippen molar-refractivity contribution in [2.24, 2.45) is 0 Å². The molecule has 0 aliphatic carbocycles. The number of carbonyl (C=O) groups is 1. The molecule has 9 heteroatoms. The average Bonchev–Trinajstić information content (AvgIpc) is 2.63. The first-order valence-corrected chi connectivity index (χ1v) is 12.2. The topological polar surface area (TPSA) is 66.5 Å². The van der Waals surface area contributed by atoms with E-state index in [0.29, 0.717) is 27.8 Å². The molecule has 0 heterocycles. The van der Waals surface area contributed by atoms with Gasteiger partial charge in [-0.15, -0.1) is 11.8 Å². The second kappa shape index (κ2) is 10.4. The van der Waals surface area contributed by atoms with Gasteiger partial charge in [-0.05, 0) is 61.1 Å². The number of hydrogen-bond donors (Lipinski definition) is 1. The van der Waals surface area contributed by atoms with E-state index in [0.717, 1.165) is 27.6 Å². The lowest BCUT2D eigenvalue weighted by Crippen LogP contribution is -2.41. The summed E-state index contributed by atoms with van der Waals surface area (Å²) in [4.78, 5) is 13.4. The molecule has 1 N–H and O–H groups in total. The maximum atomic E-state index is 12.3. The molecule has 0 aliphatic rings. The van der Waals surface area contributed by atoms with Crippen LogP contribution in [0, 0.1) is 6.92 Å². The number of nitrogens with zero attached hydrogens (tertiary/aromatic N) is 1. The van der Waals surface area contributed by atoms with Crippen molar-refractivity contribution in [3.05, 3.63) is 58.1 Å². The van der Waals surface area contributed by atoms with E-state index in [1.807, 2.05) is 24.3 Å². The SMILES string of the molecule is Cc1c(Cl)cccc1N(CC(=O)NCCCSc1ccc(Cl)cc1)S(C)(=O)=O. The Morgan fingerprint density at radius 1 is 1.14 bits per heavy atom. The Morgan fingerprint density at radius 2 is 1.82 bits per heavy atom. The van der Waals surface area contributed by atoms with Crippen LogP contribution in [0.5, 0.6) is 0 Å². The number of anilines is 1. The summed E-state index contributed by atoms with van der Waals surface area (Å²) in [5, 5.41) is 3.92. The minimum absolute atomic E-state index is 0.287. The molecule has 0 aromatic heterocycles. The van der Waals surface area contributed by atoms with Gasteiger partial charge in [-0.2, -0.15) is 0 Å². The van der Waals surface area contributed by atoms with Gasteiger partial charge in [0.05, 0.1) is 11.9 Å². The highest BCUT2D eigenvalue weighted by Crippen LogP contribution is 2.28. The number of hydrogen-bond acceptors (Lipinski definition) is 4. The zero-order chi connectivity index (χ0) is 20.7. The Hall–Kier alpha value is -1.41. The summed E-state index contributed by atoms with van der Waals surface area (Å²) in [5.41, 5.74) is 1.02. The van der Waals surface area contributed by atoms with E-state index >= 15 is 0 Å². The molecule has 5 nitrogen and oxygen atoms in total. The highest BCUT2D eigenvalue weighted by atomic mass is 35.5. The predicted molar refractivity (Wildman–Crippen MR) is 118 cm³/mol. The molecule has 0 aliphatic heterocycles. The van der Waals surface area contributed by atoms with Gasteiger partial charge in [0.2, 0.25) is 15.9 Å². The van der Waals surface area contributed by atoms with Crippen LogP contribution in [-0.4, -0.2) is 39.4 Å². The number of amides is 1. The van der Waals surface area contributed by atoms with E-state index in [-0.39, 0.29) is 12.5 Å². The number of rotatable bonds is 9. The van der Waals surface area contributed by atoms with Gasteiger partial charge < -0.3 is 5.32 Å². The van der Waals surface area contributed by atoms with Crippen molar-refractivity contribution in [1.29, 1.82) is 0 Å². The number of thioether (sulfide) groups is 1. The third kappa shape index (κ3) is 6.88. The van der Waals surface area contributed by atoms with Crippen molar-refractivity contribution in [3.8, 4) is 0 Å². The van der Waals surface area contributed by atoms with E-state index in [1.165, 1.54) is 0 Å². The normalized spacial score (nSPS) is 11.3. The van der Waals surface area contributed by atoms with E-state index in [9.17, 15) is 13.2 Å². The predicted octanol–water partition coefficient (Wildman–Crippen LogP) is 4.37.